The maximum absolute atomic E-state index is 12.9. The number of anilines is 1. The Morgan fingerprint density at radius 3 is 2.13 bits per heavy atom. The molecule has 0 aromatic heterocycles. The van der Waals surface area contributed by atoms with Crippen molar-refractivity contribution in [3.63, 3.8) is 0 Å². The van der Waals surface area contributed by atoms with Crippen molar-refractivity contribution in [3.8, 4) is 0 Å². The number of nitro groups is 2. The number of hydrogen-bond donors (Lipinski definition) is 0. The van der Waals surface area contributed by atoms with Crippen LogP contribution in [-0.2, 0) is 17.4 Å². The number of benzene rings is 2. The number of nitro benzene ring substituents is 2. The molecule has 2 aromatic carbocycles. The van der Waals surface area contributed by atoms with Gasteiger partial charge in [-0.1, -0.05) is 18.2 Å². The Bertz CT molecular complexity index is 1020. The van der Waals surface area contributed by atoms with Crippen molar-refractivity contribution in [1.29, 1.82) is 0 Å². The highest BCUT2D eigenvalue weighted by atomic mass is 19.4. The zero-order chi connectivity index (χ0) is 22.8. The average Bonchev–Trinajstić information content (AvgIpc) is 2.73. The third-order valence-corrected chi connectivity index (χ3v) is 5.00. The Morgan fingerprint density at radius 2 is 1.55 bits per heavy atom. The molecule has 1 saturated heterocycles. The number of carbonyl (C=O) groups is 1. The van der Waals surface area contributed by atoms with Crippen LogP contribution in [0.2, 0.25) is 0 Å². The largest absolute Gasteiger partial charge is 0.416 e. The summed E-state index contributed by atoms with van der Waals surface area (Å²) in [7, 11) is 0. The van der Waals surface area contributed by atoms with E-state index in [0.717, 1.165) is 12.1 Å². The normalized spacial score (nSPS) is 14.4. The molecule has 0 N–H and O–H groups in total. The molecule has 164 valence electrons. The van der Waals surface area contributed by atoms with Crippen LogP contribution in [0.4, 0.5) is 30.2 Å². The number of piperazine rings is 1. The second kappa shape index (κ2) is 8.58. The number of nitrogens with zero attached hydrogens (tertiary/aromatic N) is 4. The van der Waals surface area contributed by atoms with Crippen molar-refractivity contribution >= 4 is 23.0 Å². The average molecular weight is 438 g/mol. The molecule has 2 aromatic rings. The summed E-state index contributed by atoms with van der Waals surface area (Å²) >= 11 is 0. The highest BCUT2D eigenvalue weighted by Crippen LogP contribution is 2.36. The molecule has 0 radical (unpaired) electrons. The molecular weight excluding hydrogens is 421 g/mol. The lowest BCUT2D eigenvalue weighted by Crippen LogP contribution is -2.49. The first-order chi connectivity index (χ1) is 14.6. The first-order valence-electron chi connectivity index (χ1n) is 9.18. The van der Waals surface area contributed by atoms with Crippen molar-refractivity contribution in [2.24, 2.45) is 0 Å². The van der Waals surface area contributed by atoms with Crippen molar-refractivity contribution < 1.29 is 27.8 Å². The van der Waals surface area contributed by atoms with Gasteiger partial charge in [-0.3, -0.25) is 25.0 Å². The summed E-state index contributed by atoms with van der Waals surface area (Å²) in [5.74, 6) is -0.337. The SMILES string of the molecule is O=C(Cc1ccccc1[N+](=O)[O-])N1CCN(c2ccc(C(F)(F)F)cc2[N+](=O)[O-])CC1. The van der Waals surface area contributed by atoms with Crippen LogP contribution in [-0.4, -0.2) is 46.8 Å². The van der Waals surface area contributed by atoms with Crippen LogP contribution in [0.15, 0.2) is 42.5 Å². The molecule has 0 unspecified atom stereocenters. The molecule has 12 heteroatoms. The van der Waals surface area contributed by atoms with Crippen LogP contribution < -0.4 is 4.90 Å². The summed E-state index contributed by atoms with van der Waals surface area (Å²) in [5, 5.41) is 22.4. The van der Waals surface area contributed by atoms with E-state index in [0.29, 0.717) is 6.07 Å². The molecule has 9 nitrogen and oxygen atoms in total. The number of amides is 1. The van der Waals surface area contributed by atoms with E-state index in [9.17, 15) is 38.2 Å². The first kappa shape index (κ1) is 22.0. The van der Waals surface area contributed by atoms with Gasteiger partial charge < -0.3 is 9.80 Å². The minimum absolute atomic E-state index is 0.0452. The van der Waals surface area contributed by atoms with Crippen LogP contribution in [0, 0.1) is 20.2 Å². The molecule has 0 atom stereocenters. The molecule has 0 spiro atoms. The van der Waals surface area contributed by atoms with E-state index in [1.54, 1.807) is 11.0 Å². The summed E-state index contributed by atoms with van der Waals surface area (Å²) in [5.41, 5.74) is -1.60. The van der Waals surface area contributed by atoms with Crippen LogP contribution in [0.25, 0.3) is 0 Å². The van der Waals surface area contributed by atoms with E-state index < -0.39 is 27.3 Å². The van der Waals surface area contributed by atoms with Gasteiger partial charge in [-0.15, -0.1) is 0 Å². The highest BCUT2D eigenvalue weighted by Gasteiger charge is 2.34. The summed E-state index contributed by atoms with van der Waals surface area (Å²) in [4.78, 5) is 36.6. The molecule has 1 aliphatic rings. The summed E-state index contributed by atoms with van der Waals surface area (Å²) in [6, 6.07) is 8.25. The molecule has 0 saturated carbocycles. The van der Waals surface area contributed by atoms with Gasteiger partial charge >= 0.3 is 6.18 Å². The number of hydrogen-bond acceptors (Lipinski definition) is 6. The number of para-hydroxylation sites is 1. The molecule has 1 amide bonds. The molecule has 1 heterocycles. The van der Waals surface area contributed by atoms with Gasteiger partial charge in [-0.05, 0) is 12.1 Å². The third kappa shape index (κ3) is 4.90. The lowest BCUT2D eigenvalue weighted by molar-refractivity contribution is -0.385. The van der Waals surface area contributed by atoms with Crippen LogP contribution >= 0.6 is 0 Å². The number of rotatable bonds is 5. The van der Waals surface area contributed by atoms with E-state index in [1.807, 2.05) is 0 Å². The minimum Gasteiger partial charge on any atom is -0.362 e. The highest BCUT2D eigenvalue weighted by molar-refractivity contribution is 5.80. The summed E-state index contributed by atoms with van der Waals surface area (Å²) in [6.45, 7) is 0.707. The summed E-state index contributed by atoms with van der Waals surface area (Å²) < 4.78 is 38.6. The lowest BCUT2D eigenvalue weighted by atomic mass is 10.1. The zero-order valence-electron chi connectivity index (χ0n) is 16.0. The van der Waals surface area contributed by atoms with Gasteiger partial charge in [-0.2, -0.15) is 13.2 Å². The monoisotopic (exact) mass is 438 g/mol. The number of halogens is 3. The van der Waals surface area contributed by atoms with Gasteiger partial charge in [0.05, 0.1) is 21.8 Å². The van der Waals surface area contributed by atoms with Gasteiger partial charge in [0.2, 0.25) is 5.91 Å². The van der Waals surface area contributed by atoms with E-state index in [2.05, 4.69) is 0 Å². The van der Waals surface area contributed by atoms with Gasteiger partial charge in [0, 0.05) is 43.9 Å². The Hall–Kier alpha value is -3.70. The first-order valence-corrected chi connectivity index (χ1v) is 9.18. The molecule has 0 bridgehead atoms. The van der Waals surface area contributed by atoms with Crippen molar-refractivity contribution in [1.82, 2.24) is 4.90 Å². The van der Waals surface area contributed by atoms with Gasteiger partial charge in [0.1, 0.15) is 5.69 Å². The second-order valence-corrected chi connectivity index (χ2v) is 6.89. The fourth-order valence-electron chi connectivity index (χ4n) is 3.42. The summed E-state index contributed by atoms with van der Waals surface area (Å²) in [6.07, 6.45) is -4.87. The third-order valence-electron chi connectivity index (χ3n) is 5.00. The van der Waals surface area contributed by atoms with E-state index in [4.69, 9.17) is 0 Å². The Kier molecular flexibility index (Phi) is 6.09. The van der Waals surface area contributed by atoms with Gasteiger partial charge in [0.15, 0.2) is 0 Å². The van der Waals surface area contributed by atoms with Crippen LogP contribution in [0.5, 0.6) is 0 Å². The predicted molar refractivity (Wildman–Crippen MR) is 104 cm³/mol. The predicted octanol–water partition coefficient (Wildman–Crippen LogP) is 3.41. The van der Waals surface area contributed by atoms with Gasteiger partial charge in [-0.25, -0.2) is 0 Å². The number of carbonyl (C=O) groups excluding carboxylic acids is 1. The molecule has 31 heavy (non-hydrogen) atoms. The quantitative estimate of drug-likeness (QED) is 0.523. The molecule has 3 rings (SSSR count). The fraction of sp³-hybridized carbons (Fsp3) is 0.316. The topological polar surface area (TPSA) is 110 Å². The minimum atomic E-state index is -4.70. The lowest BCUT2D eigenvalue weighted by Gasteiger charge is -2.36. The van der Waals surface area contributed by atoms with Gasteiger partial charge in [0.25, 0.3) is 11.4 Å². The molecule has 1 aliphatic heterocycles. The van der Waals surface area contributed by atoms with E-state index in [1.165, 1.54) is 23.1 Å². The van der Waals surface area contributed by atoms with Crippen LogP contribution in [0.3, 0.4) is 0 Å². The van der Waals surface area contributed by atoms with E-state index in [-0.39, 0.29) is 55.4 Å². The second-order valence-electron chi connectivity index (χ2n) is 6.89. The smallest absolute Gasteiger partial charge is 0.362 e. The Morgan fingerprint density at radius 1 is 0.935 bits per heavy atom. The molecule has 0 aliphatic carbocycles. The zero-order valence-corrected chi connectivity index (χ0v) is 16.0. The maximum atomic E-state index is 12.9. The van der Waals surface area contributed by atoms with E-state index >= 15 is 0 Å². The maximum Gasteiger partial charge on any atom is 0.416 e. The molecule has 1 fully saturated rings. The number of alkyl halides is 3. The van der Waals surface area contributed by atoms with Crippen LogP contribution in [0.1, 0.15) is 11.1 Å². The fourth-order valence-corrected chi connectivity index (χ4v) is 3.42. The van der Waals surface area contributed by atoms with Crippen molar-refractivity contribution in [3.05, 3.63) is 73.8 Å². The molecular formula is C19H17F3N4O5. The standard InChI is InChI=1S/C19H17F3N4O5/c20-19(21,22)14-5-6-16(17(12-14)26(30)31)23-7-9-24(10-8-23)18(27)11-13-3-1-2-4-15(13)25(28)29/h1-6,12H,7-11H2. The van der Waals surface area contributed by atoms with Crippen molar-refractivity contribution in [2.75, 3.05) is 31.1 Å². The Balaban J connectivity index is 1.70. The van der Waals surface area contributed by atoms with Crippen molar-refractivity contribution in [2.45, 2.75) is 12.6 Å². The Labute approximate surface area is 174 Å².